The molecule has 1 aliphatic rings. The van der Waals surface area contributed by atoms with Crippen molar-refractivity contribution < 1.29 is 19.0 Å². The Morgan fingerprint density at radius 2 is 2.11 bits per heavy atom. The minimum Gasteiger partial charge on any atom is -0.480 e. The second-order valence-electron chi connectivity index (χ2n) is 4.57. The molecule has 1 saturated heterocycles. The first-order valence-corrected chi connectivity index (χ1v) is 5.89. The van der Waals surface area contributed by atoms with Crippen molar-refractivity contribution in [3.63, 3.8) is 0 Å². The highest BCUT2D eigenvalue weighted by Crippen LogP contribution is 2.25. The van der Waals surface area contributed by atoms with E-state index in [1.807, 2.05) is 11.8 Å². The molecule has 1 N–H and O–H groups in total. The number of benzene rings is 1. The van der Waals surface area contributed by atoms with Gasteiger partial charge < -0.3 is 9.84 Å². The molecule has 1 heterocycles. The van der Waals surface area contributed by atoms with E-state index in [4.69, 9.17) is 9.84 Å². The van der Waals surface area contributed by atoms with Gasteiger partial charge in [0.25, 0.3) is 0 Å². The second kappa shape index (κ2) is 5.46. The van der Waals surface area contributed by atoms with Crippen LogP contribution in [0.2, 0.25) is 0 Å². The topological polar surface area (TPSA) is 49.8 Å². The molecule has 0 radical (unpaired) electrons. The Balaban J connectivity index is 2.08. The number of ether oxygens (including phenoxy) is 1. The lowest BCUT2D eigenvalue weighted by molar-refractivity contribution is -0.142. The van der Waals surface area contributed by atoms with Crippen LogP contribution in [-0.4, -0.2) is 41.7 Å². The van der Waals surface area contributed by atoms with Gasteiger partial charge in [0.05, 0.1) is 18.8 Å². The fourth-order valence-corrected chi connectivity index (χ4v) is 2.22. The van der Waals surface area contributed by atoms with Crippen molar-refractivity contribution in [2.75, 3.05) is 19.6 Å². The van der Waals surface area contributed by atoms with E-state index in [0.717, 1.165) is 5.56 Å². The first kappa shape index (κ1) is 13.0. The minimum atomic E-state index is -0.845. The van der Waals surface area contributed by atoms with Crippen molar-refractivity contribution in [2.24, 2.45) is 0 Å². The van der Waals surface area contributed by atoms with Crippen LogP contribution >= 0.6 is 0 Å². The summed E-state index contributed by atoms with van der Waals surface area (Å²) in [7, 11) is 0. The van der Waals surface area contributed by atoms with Crippen molar-refractivity contribution in [1.29, 1.82) is 0 Å². The zero-order valence-corrected chi connectivity index (χ0v) is 10.2. The van der Waals surface area contributed by atoms with E-state index in [1.165, 1.54) is 12.1 Å². The first-order chi connectivity index (χ1) is 8.54. The number of aliphatic carboxylic acids is 1. The summed E-state index contributed by atoms with van der Waals surface area (Å²) in [5.41, 5.74) is 0.873. The van der Waals surface area contributed by atoms with Gasteiger partial charge in [-0.05, 0) is 24.6 Å². The fourth-order valence-electron chi connectivity index (χ4n) is 2.22. The van der Waals surface area contributed by atoms with Crippen LogP contribution in [0.25, 0.3) is 0 Å². The van der Waals surface area contributed by atoms with Gasteiger partial charge in [-0.15, -0.1) is 0 Å². The lowest BCUT2D eigenvalue weighted by atomic mass is 10.1. The number of nitrogens with zero attached hydrogens (tertiary/aromatic N) is 1. The molecule has 2 rings (SSSR count). The smallest absolute Gasteiger partial charge is 0.317 e. The van der Waals surface area contributed by atoms with Crippen LogP contribution < -0.4 is 0 Å². The van der Waals surface area contributed by atoms with Gasteiger partial charge in [0, 0.05) is 13.1 Å². The molecule has 0 aliphatic carbocycles. The number of rotatable bonds is 3. The summed E-state index contributed by atoms with van der Waals surface area (Å²) in [5.74, 6) is -1.13. The third-order valence-electron chi connectivity index (χ3n) is 2.94. The number of carboxylic acid groups (broad SMARTS) is 1. The monoisotopic (exact) mass is 253 g/mol. The molecule has 18 heavy (non-hydrogen) atoms. The lowest BCUT2D eigenvalue weighted by Gasteiger charge is -2.36. The van der Waals surface area contributed by atoms with E-state index in [9.17, 15) is 9.18 Å². The van der Waals surface area contributed by atoms with Crippen LogP contribution in [0.4, 0.5) is 4.39 Å². The predicted molar refractivity (Wildman–Crippen MR) is 63.8 cm³/mol. The molecule has 0 saturated carbocycles. The van der Waals surface area contributed by atoms with Crippen LogP contribution in [0.5, 0.6) is 0 Å². The van der Waals surface area contributed by atoms with Crippen LogP contribution in [0.1, 0.15) is 18.6 Å². The van der Waals surface area contributed by atoms with Crippen molar-refractivity contribution in [1.82, 2.24) is 4.90 Å². The summed E-state index contributed by atoms with van der Waals surface area (Å²) in [4.78, 5) is 12.6. The van der Waals surface area contributed by atoms with Crippen LogP contribution in [-0.2, 0) is 9.53 Å². The predicted octanol–water partition coefficient (Wildman–Crippen LogP) is 1.67. The molecule has 1 aromatic carbocycles. The lowest BCUT2D eigenvalue weighted by Crippen LogP contribution is -2.44. The average Bonchev–Trinajstić information content (AvgIpc) is 2.28. The molecule has 1 fully saturated rings. The molecule has 0 amide bonds. The molecule has 0 unspecified atom stereocenters. The molecule has 98 valence electrons. The van der Waals surface area contributed by atoms with Crippen LogP contribution in [0.15, 0.2) is 24.3 Å². The maximum Gasteiger partial charge on any atom is 0.317 e. The Morgan fingerprint density at radius 1 is 1.44 bits per heavy atom. The van der Waals surface area contributed by atoms with E-state index in [0.29, 0.717) is 13.1 Å². The first-order valence-electron chi connectivity index (χ1n) is 5.89. The summed E-state index contributed by atoms with van der Waals surface area (Å²) in [6.07, 6.45) is -0.234. The summed E-state index contributed by atoms with van der Waals surface area (Å²) >= 11 is 0. The van der Waals surface area contributed by atoms with E-state index >= 15 is 0 Å². The van der Waals surface area contributed by atoms with Crippen molar-refractivity contribution >= 4 is 5.97 Å². The maximum atomic E-state index is 12.9. The largest absolute Gasteiger partial charge is 0.480 e. The van der Waals surface area contributed by atoms with Crippen molar-refractivity contribution in [3.05, 3.63) is 35.6 Å². The zero-order chi connectivity index (χ0) is 13.1. The number of carboxylic acids is 1. The quantitative estimate of drug-likeness (QED) is 0.890. The van der Waals surface area contributed by atoms with E-state index < -0.39 is 5.97 Å². The Kier molecular flexibility index (Phi) is 3.93. The number of hydrogen-bond acceptors (Lipinski definition) is 3. The van der Waals surface area contributed by atoms with Gasteiger partial charge in [0.2, 0.25) is 0 Å². The molecule has 5 heteroatoms. The van der Waals surface area contributed by atoms with Gasteiger partial charge in [0.1, 0.15) is 5.82 Å². The van der Waals surface area contributed by atoms with Gasteiger partial charge in [-0.3, -0.25) is 9.69 Å². The molecule has 4 nitrogen and oxygen atoms in total. The number of morpholine rings is 1. The van der Waals surface area contributed by atoms with Crippen LogP contribution in [0, 0.1) is 5.82 Å². The second-order valence-corrected chi connectivity index (χ2v) is 4.57. The Labute approximate surface area is 105 Å². The van der Waals surface area contributed by atoms with Gasteiger partial charge in [-0.2, -0.15) is 0 Å². The third kappa shape index (κ3) is 3.27. The van der Waals surface area contributed by atoms with E-state index in [1.54, 1.807) is 12.1 Å². The molecular weight excluding hydrogens is 237 g/mol. The molecule has 1 aliphatic heterocycles. The number of halogens is 1. The Bertz CT molecular complexity index is 421. The summed E-state index contributed by atoms with van der Waals surface area (Å²) < 4.78 is 18.6. The normalized spacial score (nSPS) is 25.0. The average molecular weight is 253 g/mol. The van der Waals surface area contributed by atoms with E-state index in [2.05, 4.69) is 0 Å². The van der Waals surface area contributed by atoms with Gasteiger partial charge in [-0.1, -0.05) is 12.1 Å². The van der Waals surface area contributed by atoms with Crippen molar-refractivity contribution in [3.8, 4) is 0 Å². The maximum absolute atomic E-state index is 12.9. The van der Waals surface area contributed by atoms with E-state index in [-0.39, 0.29) is 24.6 Å². The minimum absolute atomic E-state index is 0.00535. The zero-order valence-electron chi connectivity index (χ0n) is 10.2. The van der Waals surface area contributed by atoms with Gasteiger partial charge >= 0.3 is 5.97 Å². The summed E-state index contributed by atoms with van der Waals surface area (Å²) in [5, 5.41) is 8.81. The van der Waals surface area contributed by atoms with Crippen molar-refractivity contribution in [2.45, 2.75) is 19.1 Å². The molecule has 1 aromatic rings. The highest BCUT2D eigenvalue weighted by atomic mass is 19.1. The van der Waals surface area contributed by atoms with Gasteiger partial charge in [0.15, 0.2) is 0 Å². The fraction of sp³-hybridized carbons (Fsp3) is 0.462. The Hall–Kier alpha value is -1.46. The number of carbonyl (C=O) groups is 1. The molecule has 0 bridgehead atoms. The van der Waals surface area contributed by atoms with Gasteiger partial charge in [-0.25, -0.2) is 4.39 Å². The molecular formula is C13H16FNO3. The summed E-state index contributed by atoms with van der Waals surface area (Å²) in [6, 6.07) is 6.13. The molecule has 2 atom stereocenters. The highest BCUT2D eigenvalue weighted by Gasteiger charge is 2.27. The number of hydrogen-bond donors (Lipinski definition) is 1. The highest BCUT2D eigenvalue weighted by molar-refractivity contribution is 5.69. The van der Waals surface area contributed by atoms with Crippen LogP contribution in [0.3, 0.4) is 0 Å². The Morgan fingerprint density at radius 3 is 2.72 bits per heavy atom. The SMILES string of the molecule is C[C@@H]1CN(CC(=O)O)C[C@H](c2ccc(F)cc2)O1. The molecule has 0 spiro atoms. The standard InChI is InChI=1S/C13H16FNO3/c1-9-6-15(8-13(16)17)7-12(18-9)10-2-4-11(14)5-3-10/h2-5,9,12H,6-8H2,1H3,(H,16,17)/t9-,12-/m1/s1. The third-order valence-corrected chi connectivity index (χ3v) is 2.94. The summed E-state index contributed by atoms with van der Waals surface area (Å²) in [6.45, 7) is 3.03. The molecule has 0 aromatic heterocycles.